The lowest BCUT2D eigenvalue weighted by Gasteiger charge is -2.27. The van der Waals surface area contributed by atoms with Crippen LogP contribution in [0.15, 0.2) is 0 Å². The summed E-state index contributed by atoms with van der Waals surface area (Å²) in [5, 5.41) is 3.76. The van der Waals surface area contributed by atoms with Crippen LogP contribution in [-0.2, 0) is 4.74 Å². The van der Waals surface area contributed by atoms with Crippen molar-refractivity contribution in [1.82, 2.24) is 10.2 Å². The second kappa shape index (κ2) is 7.24. The monoisotopic (exact) mass is 282 g/mol. The number of nitrogens with one attached hydrogen (secondary N) is 1. The maximum atomic E-state index is 6.39. The lowest BCUT2D eigenvalue weighted by molar-refractivity contribution is -0.0362. The molecule has 1 aliphatic heterocycles. The Labute approximate surface area is 125 Å². The Balaban J connectivity index is 1.74. The summed E-state index contributed by atoms with van der Waals surface area (Å²) in [4.78, 5) is 2.29. The smallest absolute Gasteiger partial charge is 0.0708 e. The molecule has 2 aliphatic rings. The topological polar surface area (TPSA) is 24.5 Å². The molecule has 2 atom stereocenters. The average Bonchev–Trinajstić information content (AvgIpc) is 2.96. The second-order valence-electron chi connectivity index (χ2n) is 7.67. The maximum absolute atomic E-state index is 6.39. The van der Waals surface area contributed by atoms with Crippen LogP contribution in [-0.4, -0.2) is 49.8 Å². The molecule has 1 spiro atoms. The molecule has 0 amide bonds. The Morgan fingerprint density at radius 3 is 2.50 bits per heavy atom. The molecule has 0 aromatic heterocycles. The highest BCUT2D eigenvalue weighted by atomic mass is 16.5. The van der Waals surface area contributed by atoms with Crippen LogP contribution < -0.4 is 5.32 Å². The fourth-order valence-corrected chi connectivity index (χ4v) is 3.96. The summed E-state index contributed by atoms with van der Waals surface area (Å²) in [5.41, 5.74) is 0.279. The zero-order valence-corrected chi connectivity index (χ0v) is 14.0. The predicted octanol–water partition coefficient (Wildman–Crippen LogP) is 3.04. The zero-order valence-electron chi connectivity index (χ0n) is 14.0. The van der Waals surface area contributed by atoms with Crippen LogP contribution in [0, 0.1) is 5.92 Å². The lowest BCUT2D eigenvalue weighted by atomic mass is 9.98. The van der Waals surface area contributed by atoms with Crippen LogP contribution >= 0.6 is 0 Å². The van der Waals surface area contributed by atoms with Gasteiger partial charge in [0.2, 0.25) is 0 Å². The van der Waals surface area contributed by atoms with Gasteiger partial charge in [-0.05, 0) is 52.1 Å². The van der Waals surface area contributed by atoms with E-state index < -0.39 is 0 Å². The van der Waals surface area contributed by atoms with Gasteiger partial charge in [-0.1, -0.05) is 26.7 Å². The number of ether oxygens (including phenoxy) is 1. The van der Waals surface area contributed by atoms with Gasteiger partial charge in [0.05, 0.1) is 11.7 Å². The highest BCUT2D eigenvalue weighted by molar-refractivity contribution is 4.93. The largest absolute Gasteiger partial charge is 0.370 e. The van der Waals surface area contributed by atoms with Gasteiger partial charge in [-0.3, -0.25) is 0 Å². The molecule has 118 valence electrons. The first-order chi connectivity index (χ1) is 9.49. The summed E-state index contributed by atoms with van der Waals surface area (Å²) in [7, 11) is 4.32. The first-order valence-electron chi connectivity index (χ1n) is 8.55. The molecule has 2 rings (SSSR count). The molecule has 1 saturated carbocycles. The zero-order chi connectivity index (χ0) is 14.6. The Morgan fingerprint density at radius 1 is 1.20 bits per heavy atom. The van der Waals surface area contributed by atoms with Crippen molar-refractivity contribution in [2.75, 3.05) is 27.2 Å². The van der Waals surface area contributed by atoms with Crippen molar-refractivity contribution in [1.29, 1.82) is 0 Å². The third-order valence-corrected chi connectivity index (χ3v) is 4.83. The van der Waals surface area contributed by atoms with Crippen molar-refractivity contribution in [3.05, 3.63) is 0 Å². The first kappa shape index (κ1) is 16.3. The van der Waals surface area contributed by atoms with Crippen LogP contribution in [0.2, 0.25) is 0 Å². The molecular formula is C17H34N2O. The predicted molar refractivity (Wildman–Crippen MR) is 85.1 cm³/mol. The summed E-state index contributed by atoms with van der Waals surface area (Å²) in [6.45, 7) is 6.77. The Hall–Kier alpha value is -0.120. The van der Waals surface area contributed by atoms with Crippen molar-refractivity contribution in [2.24, 2.45) is 5.92 Å². The molecule has 0 bridgehead atoms. The maximum Gasteiger partial charge on any atom is 0.0708 e. The molecule has 2 fully saturated rings. The number of likely N-dealkylation sites (N-methyl/N-ethyl adjacent to an activating group) is 1. The standard InChI is InChI=1S/C17H34N2O/c1-14(2)11-15(13-19(3)4)18-12-16-7-10-17(20-16)8-5-6-9-17/h14-16,18H,5-13H2,1-4H3. The molecule has 3 nitrogen and oxygen atoms in total. The molecule has 1 saturated heterocycles. The van der Waals surface area contributed by atoms with Crippen molar-refractivity contribution < 1.29 is 4.74 Å². The van der Waals surface area contributed by atoms with Crippen LogP contribution in [0.3, 0.4) is 0 Å². The fourth-order valence-electron chi connectivity index (χ4n) is 3.96. The third kappa shape index (κ3) is 4.71. The van der Waals surface area contributed by atoms with Crippen molar-refractivity contribution >= 4 is 0 Å². The van der Waals surface area contributed by atoms with E-state index in [0.29, 0.717) is 12.1 Å². The van der Waals surface area contributed by atoms with E-state index in [-0.39, 0.29) is 5.60 Å². The minimum atomic E-state index is 0.279. The van der Waals surface area contributed by atoms with Gasteiger partial charge >= 0.3 is 0 Å². The molecule has 0 aromatic rings. The summed E-state index contributed by atoms with van der Waals surface area (Å²) >= 11 is 0. The summed E-state index contributed by atoms with van der Waals surface area (Å²) < 4.78 is 6.39. The van der Waals surface area contributed by atoms with E-state index in [9.17, 15) is 0 Å². The van der Waals surface area contributed by atoms with Gasteiger partial charge in [-0.2, -0.15) is 0 Å². The van der Waals surface area contributed by atoms with E-state index >= 15 is 0 Å². The van der Waals surface area contributed by atoms with Gasteiger partial charge in [0.15, 0.2) is 0 Å². The number of rotatable bonds is 7. The van der Waals surface area contributed by atoms with Crippen LogP contribution in [0.1, 0.15) is 58.8 Å². The van der Waals surface area contributed by atoms with Crippen LogP contribution in [0.25, 0.3) is 0 Å². The quantitative estimate of drug-likeness (QED) is 0.777. The average molecular weight is 282 g/mol. The van der Waals surface area contributed by atoms with Gasteiger partial charge in [-0.25, -0.2) is 0 Å². The SMILES string of the molecule is CC(C)CC(CN(C)C)NCC1CCC2(CCCC2)O1. The number of nitrogens with zero attached hydrogens (tertiary/aromatic N) is 1. The minimum absolute atomic E-state index is 0.279. The molecule has 1 N–H and O–H groups in total. The minimum Gasteiger partial charge on any atom is -0.370 e. The highest BCUT2D eigenvalue weighted by Crippen LogP contribution is 2.43. The summed E-state index contributed by atoms with van der Waals surface area (Å²) in [6.07, 6.45) is 9.59. The van der Waals surface area contributed by atoms with Gasteiger partial charge < -0.3 is 15.0 Å². The van der Waals surface area contributed by atoms with Crippen LogP contribution in [0.4, 0.5) is 0 Å². The van der Waals surface area contributed by atoms with Crippen molar-refractivity contribution in [2.45, 2.75) is 76.5 Å². The molecule has 3 heteroatoms. The van der Waals surface area contributed by atoms with E-state index in [1.807, 2.05) is 0 Å². The van der Waals surface area contributed by atoms with E-state index in [4.69, 9.17) is 4.74 Å². The third-order valence-electron chi connectivity index (χ3n) is 4.83. The Bertz CT molecular complexity index is 275. The molecule has 1 heterocycles. The molecule has 20 heavy (non-hydrogen) atoms. The molecule has 2 unspecified atom stereocenters. The van der Waals surface area contributed by atoms with Crippen LogP contribution in [0.5, 0.6) is 0 Å². The lowest BCUT2D eigenvalue weighted by Crippen LogP contribution is -2.43. The van der Waals surface area contributed by atoms with E-state index in [1.54, 1.807) is 0 Å². The highest BCUT2D eigenvalue weighted by Gasteiger charge is 2.41. The van der Waals surface area contributed by atoms with Gasteiger partial charge in [0.1, 0.15) is 0 Å². The fraction of sp³-hybridized carbons (Fsp3) is 1.00. The van der Waals surface area contributed by atoms with E-state index in [1.165, 1.54) is 44.9 Å². The molecule has 1 aliphatic carbocycles. The molecule has 0 radical (unpaired) electrons. The van der Waals surface area contributed by atoms with E-state index in [0.717, 1.165) is 19.0 Å². The van der Waals surface area contributed by atoms with Gasteiger partial charge in [0, 0.05) is 19.1 Å². The first-order valence-corrected chi connectivity index (χ1v) is 8.55. The summed E-state index contributed by atoms with van der Waals surface area (Å²) in [6, 6.07) is 0.591. The van der Waals surface area contributed by atoms with Crippen molar-refractivity contribution in [3.63, 3.8) is 0 Å². The molecule has 0 aromatic carbocycles. The second-order valence-corrected chi connectivity index (χ2v) is 7.67. The number of hydrogen-bond acceptors (Lipinski definition) is 3. The Morgan fingerprint density at radius 2 is 1.90 bits per heavy atom. The molecular weight excluding hydrogens is 248 g/mol. The summed E-state index contributed by atoms with van der Waals surface area (Å²) in [5.74, 6) is 0.748. The van der Waals surface area contributed by atoms with E-state index in [2.05, 4.69) is 38.2 Å². The normalized spacial score (nSPS) is 27.0. The number of hydrogen-bond donors (Lipinski definition) is 1. The Kier molecular flexibility index (Phi) is 5.88. The van der Waals surface area contributed by atoms with Gasteiger partial charge in [0.25, 0.3) is 0 Å². The van der Waals surface area contributed by atoms with Gasteiger partial charge in [-0.15, -0.1) is 0 Å². The van der Waals surface area contributed by atoms with Crippen molar-refractivity contribution in [3.8, 4) is 0 Å².